The smallest absolute Gasteiger partial charge is 0.249 e. The van der Waals surface area contributed by atoms with Gasteiger partial charge in [-0.3, -0.25) is 9.59 Å². The molecule has 1 radical (unpaired) electrons. The van der Waals surface area contributed by atoms with E-state index in [2.05, 4.69) is 10.6 Å². The molecule has 33 heavy (non-hydrogen) atoms. The Hall–Kier alpha value is -4.22. The zero-order valence-electron chi connectivity index (χ0n) is 17.8. The van der Waals surface area contributed by atoms with Crippen molar-refractivity contribution in [2.24, 2.45) is 5.73 Å². The minimum absolute atomic E-state index is 0.0356. The number of ketones is 1. The number of hydrogen-bond donors (Lipinski definition) is 2. The maximum atomic E-state index is 12.9. The van der Waals surface area contributed by atoms with Gasteiger partial charge >= 0.3 is 0 Å². The quantitative estimate of drug-likeness (QED) is 0.388. The number of aromatic nitrogens is 1. The Bertz CT molecular complexity index is 1520. The molecular formula is C28H21N2O3. The summed E-state index contributed by atoms with van der Waals surface area (Å²) in [6.45, 7) is 0.360. The van der Waals surface area contributed by atoms with E-state index in [1.807, 2.05) is 54.6 Å². The van der Waals surface area contributed by atoms with Crippen molar-refractivity contribution in [2.45, 2.75) is 13.2 Å². The standard InChI is InChI=1S/C28H21N2O3/c29-28(33)23-10-5-11-24-26(23)22-13-12-19(17-31)15-25(22)30(24)16-18-6-4-9-21(14-18)27(32)20-7-2-1-3-8-20/h1-12,14-15,31H,16-17H2,(H2,29,33). The summed E-state index contributed by atoms with van der Waals surface area (Å²) in [5, 5.41) is 11.2. The second-order valence-corrected chi connectivity index (χ2v) is 7.97. The van der Waals surface area contributed by atoms with Gasteiger partial charge in [-0.05, 0) is 47.5 Å². The van der Waals surface area contributed by atoms with Crippen molar-refractivity contribution in [2.75, 3.05) is 0 Å². The summed E-state index contributed by atoms with van der Waals surface area (Å²) in [4.78, 5) is 25.1. The summed E-state index contributed by atoms with van der Waals surface area (Å²) in [7, 11) is 0. The SMILES string of the molecule is NC(=O)c1cccc2c1c1[c]cc(CO)cc1n2Cc1cccc(C(=O)c2ccccc2)c1. The summed E-state index contributed by atoms with van der Waals surface area (Å²) in [5.41, 5.74) is 10.7. The van der Waals surface area contributed by atoms with E-state index >= 15 is 0 Å². The number of aliphatic hydroxyl groups is 1. The van der Waals surface area contributed by atoms with Crippen molar-refractivity contribution in [1.29, 1.82) is 0 Å². The van der Waals surface area contributed by atoms with Crippen molar-refractivity contribution in [3.05, 3.63) is 119 Å². The van der Waals surface area contributed by atoms with Gasteiger partial charge in [0.1, 0.15) is 0 Å². The van der Waals surface area contributed by atoms with E-state index in [0.29, 0.717) is 23.2 Å². The van der Waals surface area contributed by atoms with Crippen LogP contribution in [0, 0.1) is 6.07 Å². The molecule has 0 bridgehead atoms. The molecule has 1 heterocycles. The van der Waals surface area contributed by atoms with Crippen molar-refractivity contribution < 1.29 is 14.7 Å². The molecule has 1 amide bonds. The highest BCUT2D eigenvalue weighted by atomic mass is 16.3. The lowest BCUT2D eigenvalue weighted by atomic mass is 10.0. The topological polar surface area (TPSA) is 85.3 Å². The van der Waals surface area contributed by atoms with Crippen LogP contribution in [-0.4, -0.2) is 21.4 Å². The predicted molar refractivity (Wildman–Crippen MR) is 128 cm³/mol. The maximum Gasteiger partial charge on any atom is 0.249 e. The molecular weight excluding hydrogens is 412 g/mol. The van der Waals surface area contributed by atoms with Gasteiger partial charge in [-0.1, -0.05) is 54.6 Å². The Balaban J connectivity index is 1.65. The molecule has 3 N–H and O–H groups in total. The molecule has 161 valence electrons. The third kappa shape index (κ3) is 3.69. The van der Waals surface area contributed by atoms with Crippen LogP contribution in [0.1, 0.15) is 37.4 Å². The first-order valence-electron chi connectivity index (χ1n) is 10.6. The fraction of sp³-hybridized carbons (Fsp3) is 0.0714. The molecule has 5 nitrogen and oxygen atoms in total. The van der Waals surface area contributed by atoms with Gasteiger partial charge in [-0.2, -0.15) is 0 Å². The van der Waals surface area contributed by atoms with Crippen LogP contribution in [0.25, 0.3) is 21.8 Å². The molecule has 0 aliphatic carbocycles. The van der Waals surface area contributed by atoms with Gasteiger partial charge in [0.2, 0.25) is 5.91 Å². The van der Waals surface area contributed by atoms with Gasteiger partial charge in [0.25, 0.3) is 0 Å². The molecule has 0 saturated carbocycles. The summed E-state index contributed by atoms with van der Waals surface area (Å²) in [6.07, 6.45) is 0. The van der Waals surface area contributed by atoms with Gasteiger partial charge in [-0.15, -0.1) is 0 Å². The molecule has 5 rings (SSSR count). The number of nitrogens with zero attached hydrogens (tertiary/aromatic N) is 1. The number of nitrogens with two attached hydrogens (primary N) is 1. The molecule has 0 spiro atoms. The number of carbonyl (C=O) groups is 2. The average molecular weight is 433 g/mol. The Labute approximate surface area is 190 Å². The number of hydrogen-bond acceptors (Lipinski definition) is 3. The van der Waals surface area contributed by atoms with Crippen LogP contribution in [0.4, 0.5) is 0 Å². The van der Waals surface area contributed by atoms with E-state index in [0.717, 1.165) is 32.9 Å². The molecule has 5 heteroatoms. The normalized spacial score (nSPS) is 11.2. The minimum Gasteiger partial charge on any atom is -0.392 e. The van der Waals surface area contributed by atoms with E-state index < -0.39 is 5.91 Å². The fourth-order valence-corrected chi connectivity index (χ4v) is 4.32. The molecule has 0 aliphatic heterocycles. The van der Waals surface area contributed by atoms with E-state index in [-0.39, 0.29) is 12.4 Å². The summed E-state index contributed by atoms with van der Waals surface area (Å²) >= 11 is 0. The fourth-order valence-electron chi connectivity index (χ4n) is 4.32. The van der Waals surface area contributed by atoms with Crippen molar-refractivity contribution in [3.8, 4) is 0 Å². The Kier molecular flexibility index (Phi) is 5.24. The molecule has 0 saturated heterocycles. The highest BCUT2D eigenvalue weighted by Crippen LogP contribution is 2.33. The molecule has 0 aliphatic rings. The number of aliphatic hydroxyl groups excluding tert-OH is 1. The summed E-state index contributed by atoms with van der Waals surface area (Å²) in [5.74, 6) is -0.540. The van der Waals surface area contributed by atoms with Gasteiger partial charge < -0.3 is 15.4 Å². The van der Waals surface area contributed by atoms with Crippen LogP contribution in [0.5, 0.6) is 0 Å². The van der Waals surface area contributed by atoms with Crippen LogP contribution in [0.2, 0.25) is 0 Å². The second-order valence-electron chi connectivity index (χ2n) is 7.97. The lowest BCUT2D eigenvalue weighted by Crippen LogP contribution is -2.11. The summed E-state index contributed by atoms with van der Waals surface area (Å²) < 4.78 is 2.07. The highest BCUT2D eigenvalue weighted by Gasteiger charge is 2.17. The van der Waals surface area contributed by atoms with E-state index in [4.69, 9.17) is 5.73 Å². The van der Waals surface area contributed by atoms with Gasteiger partial charge in [-0.25, -0.2) is 0 Å². The number of carbonyl (C=O) groups excluding carboxylic acids is 2. The van der Waals surface area contributed by atoms with Crippen molar-refractivity contribution in [3.63, 3.8) is 0 Å². The van der Waals surface area contributed by atoms with E-state index in [1.165, 1.54) is 0 Å². The number of rotatable bonds is 6. The number of amides is 1. The molecule has 0 unspecified atom stereocenters. The first kappa shape index (κ1) is 20.7. The minimum atomic E-state index is -0.505. The van der Waals surface area contributed by atoms with Gasteiger partial charge in [0.05, 0.1) is 17.6 Å². The van der Waals surface area contributed by atoms with Gasteiger partial charge in [0.15, 0.2) is 5.78 Å². The van der Waals surface area contributed by atoms with Crippen LogP contribution in [-0.2, 0) is 13.2 Å². The van der Waals surface area contributed by atoms with Crippen LogP contribution in [0.3, 0.4) is 0 Å². The van der Waals surface area contributed by atoms with E-state index in [9.17, 15) is 14.7 Å². The first-order valence-corrected chi connectivity index (χ1v) is 10.6. The second kappa shape index (κ2) is 8.37. The first-order chi connectivity index (χ1) is 16.1. The summed E-state index contributed by atoms with van der Waals surface area (Å²) in [6, 6.07) is 29.0. The lowest BCUT2D eigenvalue weighted by molar-refractivity contribution is 0.1000. The van der Waals surface area contributed by atoms with Crippen LogP contribution < -0.4 is 5.73 Å². The molecule has 5 aromatic rings. The largest absolute Gasteiger partial charge is 0.392 e. The van der Waals surface area contributed by atoms with Crippen molar-refractivity contribution in [1.82, 2.24) is 4.57 Å². The Morgan fingerprint density at radius 1 is 0.848 bits per heavy atom. The average Bonchev–Trinajstić information content (AvgIpc) is 3.17. The lowest BCUT2D eigenvalue weighted by Gasteiger charge is -2.10. The molecule has 0 atom stereocenters. The Morgan fingerprint density at radius 3 is 2.36 bits per heavy atom. The molecule has 4 aromatic carbocycles. The van der Waals surface area contributed by atoms with Crippen LogP contribution in [0.15, 0.2) is 84.9 Å². The zero-order chi connectivity index (χ0) is 22.9. The maximum absolute atomic E-state index is 12.9. The Morgan fingerprint density at radius 2 is 1.61 bits per heavy atom. The number of fused-ring (bicyclic) bond motifs is 3. The monoisotopic (exact) mass is 433 g/mol. The number of primary amides is 1. The third-order valence-corrected chi connectivity index (χ3v) is 5.87. The zero-order valence-corrected chi connectivity index (χ0v) is 17.8. The van der Waals surface area contributed by atoms with E-state index in [1.54, 1.807) is 30.3 Å². The molecule has 1 aromatic heterocycles. The predicted octanol–water partition coefficient (Wildman–Crippen LogP) is 4.47. The van der Waals surface area contributed by atoms with Gasteiger partial charge in [0, 0.05) is 34.0 Å². The van der Waals surface area contributed by atoms with Crippen molar-refractivity contribution >= 4 is 33.5 Å². The molecule has 0 fully saturated rings. The third-order valence-electron chi connectivity index (χ3n) is 5.87. The number of benzene rings is 4. The highest BCUT2D eigenvalue weighted by molar-refractivity contribution is 6.17. The van der Waals surface area contributed by atoms with Crippen LogP contribution >= 0.6 is 0 Å².